The average molecular weight is 274 g/mol. The van der Waals surface area contributed by atoms with Gasteiger partial charge in [-0.15, -0.1) is 0 Å². The molecule has 0 saturated carbocycles. The minimum Gasteiger partial charge on any atom is -0.370 e. The van der Waals surface area contributed by atoms with Crippen LogP contribution in [0.1, 0.15) is 36.8 Å². The summed E-state index contributed by atoms with van der Waals surface area (Å²) < 4.78 is 0. The number of nitrogens with zero attached hydrogens (tertiary/aromatic N) is 3. The van der Waals surface area contributed by atoms with Crippen LogP contribution in [0.15, 0.2) is 12.1 Å². The number of carbonyl (C=O) groups excluding carboxylic acids is 1. The molecule has 0 spiro atoms. The standard InChI is InChI=1S/C15H22N4O/c1-5-17-14-8-13(7-12(4)18-14)15(20)19(6-2)10-11(3)9-16/h7-8,11H,5-6,10H2,1-4H3,(H,17,18). The lowest BCUT2D eigenvalue weighted by atomic mass is 10.1. The topological polar surface area (TPSA) is 69.0 Å². The molecule has 1 heterocycles. The van der Waals surface area contributed by atoms with Crippen molar-refractivity contribution in [2.45, 2.75) is 27.7 Å². The van der Waals surface area contributed by atoms with E-state index in [1.807, 2.05) is 27.7 Å². The van der Waals surface area contributed by atoms with E-state index < -0.39 is 0 Å². The molecule has 0 fully saturated rings. The number of hydrogen-bond acceptors (Lipinski definition) is 4. The Morgan fingerprint density at radius 2 is 2.20 bits per heavy atom. The van der Waals surface area contributed by atoms with Crippen LogP contribution in [0.5, 0.6) is 0 Å². The molecule has 1 aromatic heterocycles. The molecule has 5 nitrogen and oxygen atoms in total. The molecular formula is C15H22N4O. The summed E-state index contributed by atoms with van der Waals surface area (Å²) in [7, 11) is 0. The third kappa shape index (κ3) is 4.23. The molecule has 0 radical (unpaired) electrons. The molecule has 5 heteroatoms. The highest BCUT2D eigenvalue weighted by molar-refractivity contribution is 5.95. The van der Waals surface area contributed by atoms with E-state index in [-0.39, 0.29) is 11.8 Å². The maximum Gasteiger partial charge on any atom is 0.254 e. The Hall–Kier alpha value is -2.09. The van der Waals surface area contributed by atoms with E-state index in [1.165, 1.54) is 0 Å². The Morgan fingerprint density at radius 1 is 1.50 bits per heavy atom. The van der Waals surface area contributed by atoms with Crippen molar-refractivity contribution >= 4 is 11.7 Å². The van der Waals surface area contributed by atoms with Gasteiger partial charge in [-0.1, -0.05) is 0 Å². The van der Waals surface area contributed by atoms with Crippen LogP contribution in [0.3, 0.4) is 0 Å². The van der Waals surface area contributed by atoms with Gasteiger partial charge >= 0.3 is 0 Å². The van der Waals surface area contributed by atoms with Crippen LogP contribution in [-0.2, 0) is 0 Å². The second-order valence-corrected chi connectivity index (χ2v) is 4.79. The van der Waals surface area contributed by atoms with Crippen molar-refractivity contribution in [1.82, 2.24) is 9.88 Å². The summed E-state index contributed by atoms with van der Waals surface area (Å²) in [6.45, 7) is 9.38. The van der Waals surface area contributed by atoms with E-state index >= 15 is 0 Å². The summed E-state index contributed by atoms with van der Waals surface area (Å²) in [5.74, 6) is 0.481. The molecule has 1 N–H and O–H groups in total. The first-order valence-electron chi connectivity index (χ1n) is 6.93. The number of nitriles is 1. The third-order valence-corrected chi connectivity index (χ3v) is 2.94. The molecule has 0 aromatic carbocycles. The normalized spacial score (nSPS) is 11.6. The van der Waals surface area contributed by atoms with Crippen molar-refractivity contribution in [3.63, 3.8) is 0 Å². The number of nitrogens with one attached hydrogen (secondary N) is 1. The molecule has 0 aliphatic carbocycles. The van der Waals surface area contributed by atoms with Crippen molar-refractivity contribution < 1.29 is 4.79 Å². The fourth-order valence-electron chi connectivity index (χ4n) is 1.97. The Bertz CT molecular complexity index is 507. The average Bonchev–Trinajstić information content (AvgIpc) is 2.43. The van der Waals surface area contributed by atoms with Gasteiger partial charge in [0.25, 0.3) is 5.91 Å². The van der Waals surface area contributed by atoms with E-state index in [9.17, 15) is 4.79 Å². The van der Waals surface area contributed by atoms with Crippen molar-refractivity contribution in [2.75, 3.05) is 25.0 Å². The van der Waals surface area contributed by atoms with Gasteiger partial charge < -0.3 is 10.2 Å². The predicted octanol–water partition coefficient (Wildman–Crippen LogP) is 2.44. The molecule has 108 valence electrons. The van der Waals surface area contributed by atoms with Gasteiger partial charge in [-0.2, -0.15) is 5.26 Å². The smallest absolute Gasteiger partial charge is 0.254 e. The number of amides is 1. The van der Waals surface area contributed by atoms with Crippen LogP contribution in [0.25, 0.3) is 0 Å². The zero-order valence-electron chi connectivity index (χ0n) is 12.6. The highest BCUT2D eigenvalue weighted by atomic mass is 16.2. The van der Waals surface area contributed by atoms with Crippen LogP contribution in [0.2, 0.25) is 0 Å². The summed E-state index contributed by atoms with van der Waals surface area (Å²) in [5.41, 5.74) is 1.41. The highest BCUT2D eigenvalue weighted by Crippen LogP contribution is 2.13. The number of pyridine rings is 1. The van der Waals surface area contributed by atoms with Crippen molar-refractivity contribution in [3.05, 3.63) is 23.4 Å². The second kappa shape index (κ2) is 7.49. The van der Waals surface area contributed by atoms with E-state index in [0.717, 1.165) is 12.2 Å². The Balaban J connectivity index is 2.97. The van der Waals surface area contributed by atoms with Gasteiger partial charge in [-0.25, -0.2) is 4.98 Å². The maximum absolute atomic E-state index is 12.5. The van der Waals surface area contributed by atoms with E-state index in [0.29, 0.717) is 24.5 Å². The van der Waals surface area contributed by atoms with Gasteiger partial charge in [-0.05, 0) is 39.8 Å². The molecule has 1 amide bonds. The number of aryl methyl sites for hydroxylation is 1. The first-order valence-corrected chi connectivity index (χ1v) is 6.93. The lowest BCUT2D eigenvalue weighted by molar-refractivity contribution is 0.0752. The van der Waals surface area contributed by atoms with Crippen LogP contribution >= 0.6 is 0 Å². The van der Waals surface area contributed by atoms with Crippen LogP contribution in [0.4, 0.5) is 5.82 Å². The van der Waals surface area contributed by atoms with E-state index in [4.69, 9.17) is 5.26 Å². The van der Waals surface area contributed by atoms with E-state index in [2.05, 4.69) is 16.4 Å². The fraction of sp³-hybridized carbons (Fsp3) is 0.533. The SMILES string of the molecule is CCNc1cc(C(=O)N(CC)CC(C)C#N)cc(C)n1. The Morgan fingerprint density at radius 3 is 2.75 bits per heavy atom. The van der Waals surface area contributed by atoms with Crippen molar-refractivity contribution in [3.8, 4) is 6.07 Å². The van der Waals surface area contributed by atoms with Crippen molar-refractivity contribution in [1.29, 1.82) is 5.26 Å². The summed E-state index contributed by atoms with van der Waals surface area (Å²) in [4.78, 5) is 18.5. The van der Waals surface area contributed by atoms with Gasteiger partial charge in [-0.3, -0.25) is 4.79 Å². The molecule has 1 atom stereocenters. The Kier molecular flexibility index (Phi) is 5.98. The number of rotatable bonds is 6. The van der Waals surface area contributed by atoms with Gasteiger partial charge in [0, 0.05) is 30.9 Å². The number of anilines is 1. The first kappa shape index (κ1) is 16.0. The minimum atomic E-state index is -0.171. The van der Waals surface area contributed by atoms with Crippen LogP contribution < -0.4 is 5.32 Å². The molecule has 20 heavy (non-hydrogen) atoms. The minimum absolute atomic E-state index is 0.0562. The summed E-state index contributed by atoms with van der Waals surface area (Å²) in [6, 6.07) is 5.70. The molecule has 0 saturated heterocycles. The zero-order chi connectivity index (χ0) is 15.1. The monoisotopic (exact) mass is 274 g/mol. The lowest BCUT2D eigenvalue weighted by Gasteiger charge is -2.22. The molecule has 1 rings (SSSR count). The summed E-state index contributed by atoms with van der Waals surface area (Å²) in [5, 5.41) is 12.0. The van der Waals surface area contributed by atoms with Crippen LogP contribution in [0, 0.1) is 24.2 Å². The summed E-state index contributed by atoms with van der Waals surface area (Å²) in [6.07, 6.45) is 0. The first-order chi connectivity index (χ1) is 9.51. The number of hydrogen-bond donors (Lipinski definition) is 1. The molecule has 0 aliphatic heterocycles. The van der Waals surface area contributed by atoms with E-state index in [1.54, 1.807) is 17.0 Å². The third-order valence-electron chi connectivity index (χ3n) is 2.94. The predicted molar refractivity (Wildman–Crippen MR) is 79.5 cm³/mol. The largest absolute Gasteiger partial charge is 0.370 e. The molecule has 1 aromatic rings. The molecule has 0 bridgehead atoms. The van der Waals surface area contributed by atoms with Crippen molar-refractivity contribution in [2.24, 2.45) is 5.92 Å². The van der Waals surface area contributed by atoms with Gasteiger partial charge in [0.05, 0.1) is 12.0 Å². The second-order valence-electron chi connectivity index (χ2n) is 4.79. The fourth-order valence-corrected chi connectivity index (χ4v) is 1.97. The van der Waals surface area contributed by atoms with Crippen LogP contribution in [-0.4, -0.2) is 35.4 Å². The van der Waals surface area contributed by atoms with Gasteiger partial charge in [0.15, 0.2) is 0 Å². The molecule has 0 aliphatic rings. The van der Waals surface area contributed by atoms with Gasteiger partial charge in [0.2, 0.25) is 0 Å². The lowest BCUT2D eigenvalue weighted by Crippen LogP contribution is -2.34. The number of carbonyl (C=O) groups is 1. The molecule has 1 unspecified atom stereocenters. The molecular weight excluding hydrogens is 252 g/mol. The van der Waals surface area contributed by atoms with Gasteiger partial charge in [0.1, 0.15) is 5.82 Å². The number of aromatic nitrogens is 1. The Labute approximate surface area is 120 Å². The maximum atomic E-state index is 12.5. The zero-order valence-corrected chi connectivity index (χ0v) is 12.6. The summed E-state index contributed by atoms with van der Waals surface area (Å²) >= 11 is 0. The quantitative estimate of drug-likeness (QED) is 0.865. The highest BCUT2D eigenvalue weighted by Gasteiger charge is 2.17.